The second kappa shape index (κ2) is 9.22. The molecule has 6 nitrogen and oxygen atoms in total. The number of fused-ring (bicyclic) bond motifs is 1. The number of nitriles is 2. The van der Waals surface area contributed by atoms with Gasteiger partial charge < -0.3 is 4.57 Å². The van der Waals surface area contributed by atoms with Crippen LogP contribution in [-0.4, -0.2) is 20.6 Å². The molecular formula is C27H22N4O2S2. The van der Waals surface area contributed by atoms with E-state index >= 15 is 0 Å². The molecule has 0 saturated carbocycles. The number of thioether (sulfide) groups is 1. The Balaban J connectivity index is 1.48. The molecule has 2 amide bonds. The number of amides is 2. The predicted octanol–water partition coefficient (Wildman–Crippen LogP) is 6.01. The van der Waals surface area contributed by atoms with Gasteiger partial charge in [0, 0.05) is 16.3 Å². The van der Waals surface area contributed by atoms with Gasteiger partial charge in [0.15, 0.2) is 0 Å². The third kappa shape index (κ3) is 3.99. The minimum Gasteiger partial charge on any atom is -0.308 e. The molecule has 1 aliphatic carbocycles. The summed E-state index contributed by atoms with van der Waals surface area (Å²) in [6.45, 7) is 4.04. The smallest absolute Gasteiger partial charge is 0.293 e. The first-order chi connectivity index (χ1) is 16.9. The maximum Gasteiger partial charge on any atom is 0.293 e. The highest BCUT2D eigenvalue weighted by Crippen LogP contribution is 2.39. The summed E-state index contributed by atoms with van der Waals surface area (Å²) in [5.74, 6) is -0.359. The van der Waals surface area contributed by atoms with Crippen molar-refractivity contribution in [3.8, 4) is 17.1 Å². The van der Waals surface area contributed by atoms with Crippen LogP contribution in [0.3, 0.4) is 0 Å². The average molecular weight is 499 g/mol. The van der Waals surface area contributed by atoms with Crippen molar-refractivity contribution in [2.45, 2.75) is 46.1 Å². The number of thiophene rings is 1. The summed E-state index contributed by atoms with van der Waals surface area (Å²) in [4.78, 5) is 28.6. The van der Waals surface area contributed by atoms with Crippen molar-refractivity contribution in [3.05, 3.63) is 79.3 Å². The highest BCUT2D eigenvalue weighted by atomic mass is 32.2. The van der Waals surface area contributed by atoms with Crippen LogP contribution in [0, 0.1) is 36.5 Å². The fourth-order valence-corrected chi connectivity index (χ4v) is 7.07. The summed E-state index contributed by atoms with van der Waals surface area (Å²) >= 11 is 2.60. The van der Waals surface area contributed by atoms with E-state index in [1.54, 1.807) is 41.7 Å². The Hall–Kier alpha value is -3.59. The lowest BCUT2D eigenvalue weighted by Crippen LogP contribution is -2.27. The van der Waals surface area contributed by atoms with Crippen LogP contribution in [0.15, 0.2) is 35.2 Å². The lowest BCUT2D eigenvalue weighted by molar-refractivity contribution is -0.123. The van der Waals surface area contributed by atoms with Gasteiger partial charge in [0.2, 0.25) is 0 Å². The van der Waals surface area contributed by atoms with Gasteiger partial charge in [0.25, 0.3) is 11.1 Å². The van der Waals surface area contributed by atoms with E-state index in [0.717, 1.165) is 65.0 Å². The maximum absolute atomic E-state index is 13.1. The molecule has 5 rings (SSSR count). The zero-order valence-corrected chi connectivity index (χ0v) is 21.1. The molecule has 0 radical (unpaired) electrons. The maximum atomic E-state index is 13.1. The number of imide groups is 1. The number of aryl methyl sites for hydroxylation is 2. The van der Waals surface area contributed by atoms with Gasteiger partial charge in [-0.05, 0) is 86.2 Å². The Morgan fingerprint density at radius 3 is 2.63 bits per heavy atom. The predicted molar refractivity (Wildman–Crippen MR) is 137 cm³/mol. The van der Waals surface area contributed by atoms with Gasteiger partial charge in [-0.2, -0.15) is 10.5 Å². The number of rotatable bonds is 4. The summed E-state index contributed by atoms with van der Waals surface area (Å²) in [6, 6.07) is 13.5. The van der Waals surface area contributed by atoms with Gasteiger partial charge in [-0.25, -0.2) is 0 Å². The molecule has 0 atom stereocenters. The molecule has 1 saturated heterocycles. The largest absolute Gasteiger partial charge is 0.308 e. The molecule has 2 aliphatic rings. The Bertz CT molecular complexity index is 1500. The third-order valence-corrected chi connectivity index (χ3v) is 8.75. The molecule has 35 heavy (non-hydrogen) atoms. The topological polar surface area (TPSA) is 89.9 Å². The Labute approximate surface area is 212 Å². The van der Waals surface area contributed by atoms with E-state index in [4.69, 9.17) is 0 Å². The fraction of sp³-hybridized carbons (Fsp3) is 0.259. The lowest BCUT2D eigenvalue weighted by Gasteiger charge is -2.13. The van der Waals surface area contributed by atoms with Crippen LogP contribution >= 0.6 is 23.1 Å². The van der Waals surface area contributed by atoms with Crippen LogP contribution in [0.5, 0.6) is 0 Å². The minimum absolute atomic E-state index is 0.0665. The third-order valence-electron chi connectivity index (χ3n) is 6.56. The molecule has 0 bridgehead atoms. The zero-order chi connectivity index (χ0) is 24.7. The van der Waals surface area contributed by atoms with Crippen molar-refractivity contribution in [1.29, 1.82) is 10.5 Å². The Morgan fingerprint density at radius 2 is 1.86 bits per heavy atom. The second-order valence-corrected chi connectivity index (χ2v) is 10.8. The SMILES string of the molecule is Cc1cc(/C=C2/SC(=O)N(Cc3ccccc3C#N)C2=O)c(C)n1-c1sc2c(c1C#N)CCCC2. The van der Waals surface area contributed by atoms with Crippen LogP contribution in [0.1, 0.15) is 56.9 Å². The van der Waals surface area contributed by atoms with Crippen molar-refractivity contribution in [2.75, 3.05) is 0 Å². The Morgan fingerprint density at radius 1 is 1.09 bits per heavy atom. The van der Waals surface area contributed by atoms with Gasteiger partial charge in [-0.3, -0.25) is 14.5 Å². The summed E-state index contributed by atoms with van der Waals surface area (Å²) in [7, 11) is 0. The molecule has 1 aromatic carbocycles. The van der Waals surface area contributed by atoms with Gasteiger partial charge in [-0.15, -0.1) is 11.3 Å². The number of nitrogens with zero attached hydrogens (tertiary/aromatic N) is 4. The molecule has 174 valence electrons. The molecule has 3 aromatic rings. The average Bonchev–Trinajstić information content (AvgIpc) is 3.45. The second-order valence-electron chi connectivity index (χ2n) is 8.70. The van der Waals surface area contributed by atoms with E-state index in [1.165, 1.54) is 15.3 Å². The number of aromatic nitrogens is 1. The number of benzene rings is 1. The van der Waals surface area contributed by atoms with Crippen LogP contribution < -0.4 is 0 Å². The number of hydrogen-bond acceptors (Lipinski definition) is 6. The summed E-state index contributed by atoms with van der Waals surface area (Å²) in [5, 5.41) is 19.8. The molecule has 3 heterocycles. The van der Waals surface area contributed by atoms with Crippen molar-refractivity contribution >= 4 is 40.3 Å². The van der Waals surface area contributed by atoms with E-state index in [0.29, 0.717) is 16.0 Å². The molecule has 0 spiro atoms. The van der Waals surface area contributed by atoms with Crippen LogP contribution in [0.2, 0.25) is 0 Å². The van der Waals surface area contributed by atoms with Gasteiger partial charge in [0.05, 0.1) is 28.6 Å². The normalized spacial score (nSPS) is 16.5. The number of hydrogen-bond donors (Lipinski definition) is 0. The highest BCUT2D eigenvalue weighted by Gasteiger charge is 2.35. The molecular weight excluding hydrogens is 476 g/mol. The number of carbonyl (C=O) groups excluding carboxylic acids is 2. The van der Waals surface area contributed by atoms with E-state index in [9.17, 15) is 20.1 Å². The minimum atomic E-state index is -0.359. The quantitative estimate of drug-likeness (QED) is 0.411. The van der Waals surface area contributed by atoms with E-state index in [2.05, 4.69) is 16.7 Å². The Kier molecular flexibility index (Phi) is 6.10. The molecule has 0 N–H and O–H groups in total. The van der Waals surface area contributed by atoms with E-state index in [1.807, 2.05) is 19.9 Å². The summed E-state index contributed by atoms with van der Waals surface area (Å²) < 4.78 is 2.10. The summed E-state index contributed by atoms with van der Waals surface area (Å²) in [5.41, 5.74) is 5.79. The molecule has 8 heteroatoms. The van der Waals surface area contributed by atoms with Gasteiger partial charge >= 0.3 is 0 Å². The van der Waals surface area contributed by atoms with Crippen LogP contribution in [0.25, 0.3) is 11.1 Å². The first kappa shape index (κ1) is 23.2. The molecule has 1 aliphatic heterocycles. The summed E-state index contributed by atoms with van der Waals surface area (Å²) in [6.07, 6.45) is 5.99. The highest BCUT2D eigenvalue weighted by molar-refractivity contribution is 8.18. The standard InChI is InChI=1S/C27H22N4O2S2/c1-16-11-20(17(2)31(16)26-22(14-29)21-9-5-6-10-23(21)34-26)12-24-25(32)30(27(33)35-24)15-19-8-4-3-7-18(19)13-28/h3-4,7-8,11-12H,5-6,9-10,15H2,1-2H3/b24-12+. The number of carbonyl (C=O) groups is 2. The lowest BCUT2D eigenvalue weighted by atomic mass is 9.96. The van der Waals surface area contributed by atoms with Gasteiger partial charge in [0.1, 0.15) is 11.1 Å². The molecule has 2 aromatic heterocycles. The van der Waals surface area contributed by atoms with E-state index < -0.39 is 0 Å². The van der Waals surface area contributed by atoms with Crippen molar-refractivity contribution in [3.63, 3.8) is 0 Å². The van der Waals surface area contributed by atoms with Crippen molar-refractivity contribution < 1.29 is 9.59 Å². The monoisotopic (exact) mass is 498 g/mol. The van der Waals surface area contributed by atoms with E-state index in [-0.39, 0.29) is 17.7 Å². The first-order valence-corrected chi connectivity index (χ1v) is 13.0. The van der Waals surface area contributed by atoms with Gasteiger partial charge in [-0.1, -0.05) is 18.2 Å². The fourth-order valence-electron chi connectivity index (χ4n) is 4.79. The van der Waals surface area contributed by atoms with Crippen molar-refractivity contribution in [1.82, 2.24) is 9.47 Å². The molecule has 0 unspecified atom stereocenters. The van der Waals surface area contributed by atoms with Crippen molar-refractivity contribution in [2.24, 2.45) is 0 Å². The zero-order valence-electron chi connectivity index (χ0n) is 19.4. The first-order valence-electron chi connectivity index (χ1n) is 11.4. The molecule has 1 fully saturated rings. The van der Waals surface area contributed by atoms with Crippen LogP contribution in [0.4, 0.5) is 4.79 Å². The van der Waals surface area contributed by atoms with Crippen LogP contribution in [-0.2, 0) is 24.2 Å².